The Hall–Kier alpha value is -3.12. The number of aliphatic imine (C=N–C) groups is 1. The third-order valence-electron chi connectivity index (χ3n) is 6.46. The molecule has 2 rings (SSSR count). The molecule has 0 unspecified atom stereocenters. The van der Waals surface area contributed by atoms with Crippen molar-refractivity contribution in [2.45, 2.75) is 70.1 Å². The number of nitrogens with zero attached hydrogens (tertiary/aromatic N) is 2. The number of hydrogen-bond acceptors (Lipinski definition) is 8. The Bertz CT molecular complexity index is 1070. The summed E-state index contributed by atoms with van der Waals surface area (Å²) in [5.74, 6) is -0.552. The highest BCUT2D eigenvalue weighted by Gasteiger charge is 2.23. The van der Waals surface area contributed by atoms with Crippen LogP contribution in [0.3, 0.4) is 0 Å². The number of likely N-dealkylation sites (N-methyl/N-ethyl adjacent to an activating group) is 1. The minimum absolute atomic E-state index is 0.0372. The Kier molecular flexibility index (Phi) is 15.9. The zero-order valence-corrected chi connectivity index (χ0v) is 25.1. The molecular formula is C28H39ClN4O7S. The molecular weight excluding hydrogens is 572 g/mol. The van der Waals surface area contributed by atoms with Gasteiger partial charge in [0.15, 0.2) is 0 Å². The quantitative estimate of drug-likeness (QED) is 0.165. The molecule has 13 heteroatoms. The largest absolute Gasteiger partial charge is 0.450 e. The molecule has 1 aliphatic carbocycles. The third-order valence-corrected chi connectivity index (χ3v) is 7.65. The van der Waals surface area contributed by atoms with Gasteiger partial charge >= 0.3 is 12.2 Å². The number of nitrogens with one attached hydrogen (secondary N) is 2. The number of carbonyl (C=O) groups excluding carboxylic acids is 5. The molecule has 1 aromatic carbocycles. The van der Waals surface area contributed by atoms with Gasteiger partial charge in [0.2, 0.25) is 5.91 Å². The highest BCUT2D eigenvalue weighted by Crippen LogP contribution is 2.27. The maximum absolute atomic E-state index is 13.0. The summed E-state index contributed by atoms with van der Waals surface area (Å²) >= 11 is 6.86. The number of amides is 4. The van der Waals surface area contributed by atoms with Gasteiger partial charge in [0.25, 0.3) is 5.91 Å². The molecule has 0 aliphatic heterocycles. The maximum atomic E-state index is 13.0. The van der Waals surface area contributed by atoms with E-state index < -0.39 is 23.3 Å². The van der Waals surface area contributed by atoms with Gasteiger partial charge in [-0.2, -0.15) is 4.99 Å². The van der Waals surface area contributed by atoms with Crippen molar-refractivity contribution in [2.24, 2.45) is 10.9 Å². The van der Waals surface area contributed by atoms with Crippen LogP contribution in [0.5, 0.6) is 0 Å². The molecule has 226 valence electrons. The van der Waals surface area contributed by atoms with Crippen LogP contribution < -0.4 is 10.0 Å². The monoisotopic (exact) mass is 610 g/mol. The molecule has 41 heavy (non-hydrogen) atoms. The summed E-state index contributed by atoms with van der Waals surface area (Å²) in [7, 11) is 1.60. The van der Waals surface area contributed by atoms with Gasteiger partial charge in [-0.1, -0.05) is 55.8 Å². The zero-order chi connectivity index (χ0) is 30.0. The van der Waals surface area contributed by atoms with Crippen LogP contribution in [0.1, 0.15) is 63.9 Å². The molecule has 0 radical (unpaired) electrons. The Labute approximate surface area is 250 Å². The minimum Gasteiger partial charge on any atom is -0.450 e. The van der Waals surface area contributed by atoms with E-state index in [1.54, 1.807) is 38.2 Å². The standard InChI is InChI=1S/C28H39ClN4O7S/c1-3-39-27(37)30-14-15-33(2)25(35)13-12-23(18-34)41-32-26(36)24(17-20-8-5-4-6-9-20)31-28(38)40-19-21-10-7-11-22(29)16-21/h7,10-11,16,18,20,23H,3-6,8-9,12-15,17,19H2,1-2H3,(H,30,37)(H,32,36)/b31-24+/t23-/m0/s1. The van der Waals surface area contributed by atoms with Gasteiger partial charge in [-0.25, -0.2) is 9.59 Å². The molecule has 4 amide bonds. The minimum atomic E-state index is -0.881. The molecule has 0 aromatic heterocycles. The molecule has 1 atom stereocenters. The van der Waals surface area contributed by atoms with Crippen molar-refractivity contribution in [1.29, 1.82) is 0 Å². The summed E-state index contributed by atoms with van der Waals surface area (Å²) in [6.45, 7) is 2.42. The summed E-state index contributed by atoms with van der Waals surface area (Å²) in [5, 5.41) is 2.37. The average Bonchev–Trinajstić information content (AvgIpc) is 2.96. The predicted octanol–water partition coefficient (Wildman–Crippen LogP) is 4.70. The van der Waals surface area contributed by atoms with Crippen LogP contribution in [0.25, 0.3) is 0 Å². The number of benzene rings is 1. The van der Waals surface area contributed by atoms with E-state index in [9.17, 15) is 24.0 Å². The normalized spacial score (nSPS) is 14.5. The second-order valence-electron chi connectivity index (χ2n) is 9.68. The second kappa shape index (κ2) is 19.1. The van der Waals surface area contributed by atoms with Gasteiger partial charge in [-0.05, 0) is 55.3 Å². The molecule has 2 N–H and O–H groups in total. The van der Waals surface area contributed by atoms with Crippen molar-refractivity contribution in [2.75, 3.05) is 26.7 Å². The van der Waals surface area contributed by atoms with Crippen LogP contribution in [0.2, 0.25) is 5.02 Å². The van der Waals surface area contributed by atoms with Gasteiger partial charge in [0.1, 0.15) is 18.6 Å². The summed E-state index contributed by atoms with van der Waals surface area (Å²) in [6, 6.07) is 6.89. The summed E-state index contributed by atoms with van der Waals surface area (Å²) in [6.07, 6.45) is 4.97. The average molecular weight is 611 g/mol. The topological polar surface area (TPSA) is 143 Å². The molecule has 1 aliphatic rings. The first-order chi connectivity index (χ1) is 19.7. The molecule has 0 bridgehead atoms. The molecule has 1 fully saturated rings. The number of halogens is 1. The van der Waals surface area contributed by atoms with Gasteiger partial charge in [-0.3, -0.25) is 14.3 Å². The smallest absolute Gasteiger partial charge is 0.434 e. The molecule has 0 saturated heterocycles. The van der Waals surface area contributed by atoms with Crippen LogP contribution in [0, 0.1) is 5.92 Å². The van der Waals surface area contributed by atoms with Crippen LogP contribution in [0.15, 0.2) is 29.3 Å². The number of alkyl carbamates (subject to hydrolysis) is 1. The highest BCUT2D eigenvalue weighted by atomic mass is 35.5. The zero-order valence-electron chi connectivity index (χ0n) is 23.6. The van der Waals surface area contributed by atoms with Gasteiger partial charge in [0, 0.05) is 31.6 Å². The van der Waals surface area contributed by atoms with E-state index in [0.717, 1.165) is 44.1 Å². The number of ether oxygens (including phenoxy) is 2. The van der Waals surface area contributed by atoms with E-state index in [2.05, 4.69) is 15.0 Å². The van der Waals surface area contributed by atoms with Crippen molar-refractivity contribution in [1.82, 2.24) is 14.9 Å². The Morgan fingerprint density at radius 2 is 1.95 bits per heavy atom. The van der Waals surface area contributed by atoms with E-state index in [4.69, 9.17) is 21.1 Å². The van der Waals surface area contributed by atoms with Gasteiger partial charge in [0.05, 0.1) is 11.9 Å². The van der Waals surface area contributed by atoms with E-state index in [1.165, 1.54) is 4.90 Å². The first-order valence-electron chi connectivity index (χ1n) is 13.8. The van der Waals surface area contributed by atoms with Crippen LogP contribution in [-0.4, -0.2) is 72.9 Å². The van der Waals surface area contributed by atoms with Gasteiger partial charge < -0.3 is 24.5 Å². The van der Waals surface area contributed by atoms with Crippen LogP contribution in [0.4, 0.5) is 9.59 Å². The second-order valence-corrected chi connectivity index (χ2v) is 11.2. The van der Waals surface area contributed by atoms with Gasteiger partial charge in [-0.15, -0.1) is 0 Å². The van der Waals surface area contributed by atoms with Crippen molar-refractivity contribution < 1.29 is 33.4 Å². The fourth-order valence-corrected chi connectivity index (χ4v) is 5.08. The Balaban J connectivity index is 1.89. The highest BCUT2D eigenvalue weighted by molar-refractivity contribution is 7.99. The number of rotatable bonds is 15. The third kappa shape index (κ3) is 13.9. The summed E-state index contributed by atoms with van der Waals surface area (Å²) in [5.41, 5.74) is 0.745. The Morgan fingerprint density at radius 1 is 1.20 bits per heavy atom. The van der Waals surface area contributed by atoms with Crippen LogP contribution >= 0.6 is 23.5 Å². The lowest BCUT2D eigenvalue weighted by Gasteiger charge is -2.22. The first kappa shape index (κ1) is 34.1. The predicted molar refractivity (Wildman–Crippen MR) is 158 cm³/mol. The van der Waals surface area contributed by atoms with Crippen molar-refractivity contribution in [3.63, 3.8) is 0 Å². The molecule has 11 nitrogen and oxygen atoms in total. The summed E-state index contributed by atoms with van der Waals surface area (Å²) in [4.78, 5) is 66.3. The SMILES string of the molecule is CCOC(=O)NCCN(C)C(=O)CC[C@@H](C=O)SNC(=O)/C(CC1CCCCC1)=N/C(=O)OCc1cccc(Cl)c1. The van der Waals surface area contributed by atoms with E-state index >= 15 is 0 Å². The fourth-order valence-electron chi connectivity index (χ4n) is 4.20. The van der Waals surface area contributed by atoms with E-state index in [-0.39, 0.29) is 56.7 Å². The molecule has 1 saturated carbocycles. The number of aldehydes is 1. The fraction of sp³-hybridized carbons (Fsp3) is 0.571. The van der Waals surface area contributed by atoms with E-state index in [0.29, 0.717) is 23.3 Å². The lowest BCUT2D eigenvalue weighted by atomic mass is 9.85. The molecule has 1 aromatic rings. The molecule has 0 heterocycles. The van der Waals surface area contributed by atoms with Crippen molar-refractivity contribution in [3.05, 3.63) is 34.9 Å². The Morgan fingerprint density at radius 3 is 2.63 bits per heavy atom. The molecule has 0 spiro atoms. The summed E-state index contributed by atoms with van der Waals surface area (Å²) < 4.78 is 12.6. The first-order valence-corrected chi connectivity index (χ1v) is 15.0. The maximum Gasteiger partial charge on any atom is 0.434 e. The van der Waals surface area contributed by atoms with Crippen LogP contribution in [-0.2, 0) is 30.5 Å². The lowest BCUT2D eigenvalue weighted by Crippen LogP contribution is -2.36. The van der Waals surface area contributed by atoms with Crippen molar-refractivity contribution in [3.8, 4) is 0 Å². The number of hydrogen-bond donors (Lipinski definition) is 2. The lowest BCUT2D eigenvalue weighted by molar-refractivity contribution is -0.130. The van der Waals surface area contributed by atoms with Crippen molar-refractivity contribution >= 4 is 59.5 Å². The number of carbonyl (C=O) groups is 5. The van der Waals surface area contributed by atoms with E-state index in [1.807, 2.05) is 0 Å².